The first-order valence-corrected chi connectivity index (χ1v) is 12.7. The minimum Gasteiger partial charge on any atom is -0.490 e. The molecule has 0 spiro atoms. The molecule has 9 heteroatoms. The number of ether oxygens (including phenoxy) is 1. The van der Waals surface area contributed by atoms with Crippen molar-refractivity contribution in [1.82, 2.24) is 19.8 Å². The molecule has 5 rings (SSSR count). The standard InChI is InChI=1S/C28H30FN5O3/c1-18-11-19(2)33(32-18)24-7-8-27(25(29)13-24)36-17-20-3-5-22(6-4-20)28(35)34-26(9-10-37-34)23-12-21(14-30)15-31-16-23/h7-8,11-13,15-16,20,22,26H,3-6,9-10,17H2,1-2H3/t20-,22-,26-/m0/s1. The van der Waals surface area contributed by atoms with Crippen molar-refractivity contribution in [3.8, 4) is 17.5 Å². The lowest BCUT2D eigenvalue weighted by atomic mass is 9.81. The van der Waals surface area contributed by atoms with E-state index in [2.05, 4.69) is 16.2 Å². The fourth-order valence-corrected chi connectivity index (χ4v) is 5.28. The highest BCUT2D eigenvalue weighted by atomic mass is 19.1. The van der Waals surface area contributed by atoms with Crippen LogP contribution in [0.5, 0.6) is 5.75 Å². The van der Waals surface area contributed by atoms with Crippen LogP contribution in [0.2, 0.25) is 0 Å². The largest absolute Gasteiger partial charge is 0.490 e. The lowest BCUT2D eigenvalue weighted by Crippen LogP contribution is -2.37. The van der Waals surface area contributed by atoms with Crippen LogP contribution in [0.4, 0.5) is 4.39 Å². The molecule has 2 fully saturated rings. The molecule has 1 atom stereocenters. The minimum absolute atomic E-state index is 0.0185. The molecular formula is C28H30FN5O3. The number of aryl methyl sites for hydroxylation is 2. The van der Waals surface area contributed by atoms with Gasteiger partial charge in [-0.05, 0) is 75.3 Å². The fraction of sp³-hybridized carbons (Fsp3) is 0.429. The van der Waals surface area contributed by atoms with Crippen LogP contribution >= 0.6 is 0 Å². The summed E-state index contributed by atoms with van der Waals surface area (Å²) in [5.74, 6) is -0.0761. The molecule has 2 aromatic heterocycles. The van der Waals surface area contributed by atoms with Crippen LogP contribution in [0.1, 0.15) is 60.7 Å². The normalized spacial score (nSPS) is 21.6. The van der Waals surface area contributed by atoms with E-state index in [1.807, 2.05) is 26.0 Å². The van der Waals surface area contributed by atoms with E-state index in [4.69, 9.17) is 9.57 Å². The van der Waals surface area contributed by atoms with E-state index < -0.39 is 5.82 Å². The topological polar surface area (TPSA) is 93.3 Å². The number of pyridine rings is 1. The Bertz CT molecular complexity index is 1330. The van der Waals surface area contributed by atoms with Gasteiger partial charge < -0.3 is 4.74 Å². The van der Waals surface area contributed by atoms with Gasteiger partial charge in [0, 0.05) is 36.5 Å². The number of benzene rings is 1. The summed E-state index contributed by atoms with van der Waals surface area (Å²) < 4.78 is 22.3. The minimum atomic E-state index is -0.416. The molecule has 1 aromatic carbocycles. The van der Waals surface area contributed by atoms with Gasteiger partial charge in [-0.3, -0.25) is 14.6 Å². The molecule has 1 aliphatic carbocycles. The first-order valence-electron chi connectivity index (χ1n) is 12.7. The molecule has 1 amide bonds. The molecule has 1 saturated carbocycles. The summed E-state index contributed by atoms with van der Waals surface area (Å²) in [6.07, 6.45) is 6.99. The third-order valence-electron chi connectivity index (χ3n) is 7.24. The van der Waals surface area contributed by atoms with Gasteiger partial charge in [-0.1, -0.05) is 0 Å². The smallest absolute Gasteiger partial charge is 0.249 e. The third kappa shape index (κ3) is 5.35. The Morgan fingerprint density at radius 1 is 1.16 bits per heavy atom. The maximum Gasteiger partial charge on any atom is 0.249 e. The second-order valence-electron chi connectivity index (χ2n) is 9.90. The predicted molar refractivity (Wildman–Crippen MR) is 133 cm³/mol. The van der Waals surface area contributed by atoms with E-state index in [0.29, 0.717) is 30.9 Å². The van der Waals surface area contributed by atoms with Crippen molar-refractivity contribution in [1.29, 1.82) is 5.26 Å². The number of aromatic nitrogens is 3. The van der Waals surface area contributed by atoms with Gasteiger partial charge in [0.2, 0.25) is 5.91 Å². The molecule has 1 aliphatic heterocycles. The lowest BCUT2D eigenvalue weighted by molar-refractivity contribution is -0.183. The summed E-state index contributed by atoms with van der Waals surface area (Å²) in [6, 6.07) is 10.5. The number of nitriles is 1. The van der Waals surface area contributed by atoms with Gasteiger partial charge in [0.15, 0.2) is 11.6 Å². The van der Waals surface area contributed by atoms with Gasteiger partial charge in [-0.15, -0.1) is 0 Å². The highest BCUT2D eigenvalue weighted by Gasteiger charge is 2.37. The van der Waals surface area contributed by atoms with Crippen LogP contribution in [0.3, 0.4) is 0 Å². The van der Waals surface area contributed by atoms with Gasteiger partial charge in [-0.25, -0.2) is 14.1 Å². The van der Waals surface area contributed by atoms with Crippen molar-refractivity contribution in [2.75, 3.05) is 13.2 Å². The summed E-state index contributed by atoms with van der Waals surface area (Å²) in [7, 11) is 0. The van der Waals surface area contributed by atoms with Crippen LogP contribution in [0.25, 0.3) is 5.69 Å². The molecule has 3 aromatic rings. The first kappa shape index (κ1) is 24.9. The van der Waals surface area contributed by atoms with E-state index >= 15 is 0 Å². The molecule has 1 saturated heterocycles. The van der Waals surface area contributed by atoms with E-state index in [1.165, 1.54) is 17.3 Å². The quantitative estimate of drug-likeness (QED) is 0.471. The fourth-order valence-electron chi connectivity index (χ4n) is 5.28. The molecule has 192 valence electrons. The SMILES string of the molecule is Cc1cc(C)n(-c2ccc(OC[C@H]3CC[C@H](C(=O)N4OCC[C@H]4c4cncc(C#N)c4)CC3)c(F)c2)n1. The maximum atomic E-state index is 14.7. The maximum absolute atomic E-state index is 14.7. The Morgan fingerprint density at radius 2 is 1.97 bits per heavy atom. The van der Waals surface area contributed by atoms with E-state index in [9.17, 15) is 14.4 Å². The zero-order valence-corrected chi connectivity index (χ0v) is 21.1. The van der Waals surface area contributed by atoms with Crippen LogP contribution in [0, 0.1) is 42.8 Å². The van der Waals surface area contributed by atoms with Crippen LogP contribution < -0.4 is 4.74 Å². The Morgan fingerprint density at radius 3 is 2.68 bits per heavy atom. The van der Waals surface area contributed by atoms with Crippen LogP contribution in [0.15, 0.2) is 42.7 Å². The van der Waals surface area contributed by atoms with Crippen molar-refractivity contribution in [3.05, 3.63) is 71.1 Å². The molecule has 3 heterocycles. The van der Waals surface area contributed by atoms with Crippen LogP contribution in [-0.2, 0) is 9.63 Å². The summed E-state index contributed by atoms with van der Waals surface area (Å²) in [5, 5.41) is 15.1. The summed E-state index contributed by atoms with van der Waals surface area (Å²) >= 11 is 0. The average molecular weight is 504 g/mol. The Hall–Kier alpha value is -3.77. The van der Waals surface area contributed by atoms with E-state index in [1.54, 1.807) is 23.0 Å². The molecule has 0 N–H and O–H groups in total. The number of hydrogen-bond acceptors (Lipinski definition) is 6. The average Bonchev–Trinajstić information content (AvgIpc) is 3.54. The van der Waals surface area contributed by atoms with Crippen LogP contribution in [-0.4, -0.2) is 38.9 Å². The van der Waals surface area contributed by atoms with Gasteiger partial charge in [-0.2, -0.15) is 10.4 Å². The monoisotopic (exact) mass is 503 g/mol. The third-order valence-corrected chi connectivity index (χ3v) is 7.24. The van der Waals surface area contributed by atoms with Crippen molar-refractivity contribution in [3.63, 3.8) is 0 Å². The molecule has 2 aliphatic rings. The zero-order chi connectivity index (χ0) is 25.9. The van der Waals surface area contributed by atoms with Gasteiger partial charge in [0.05, 0.1) is 36.2 Å². The number of carbonyl (C=O) groups excluding carboxylic acids is 1. The van der Waals surface area contributed by atoms with Gasteiger partial charge in [0.25, 0.3) is 0 Å². The Kier molecular flexibility index (Phi) is 7.19. The molecular weight excluding hydrogens is 473 g/mol. The Labute approximate surface area is 215 Å². The number of hydrogen-bond donors (Lipinski definition) is 0. The molecule has 8 nitrogen and oxygen atoms in total. The second-order valence-corrected chi connectivity index (χ2v) is 9.90. The number of hydroxylamine groups is 2. The molecule has 37 heavy (non-hydrogen) atoms. The molecule has 0 unspecified atom stereocenters. The van der Waals surface area contributed by atoms with Gasteiger partial charge in [0.1, 0.15) is 6.07 Å². The zero-order valence-electron chi connectivity index (χ0n) is 21.1. The summed E-state index contributed by atoms with van der Waals surface area (Å²) in [4.78, 5) is 23.1. The highest BCUT2D eigenvalue weighted by molar-refractivity contribution is 5.78. The summed E-state index contributed by atoms with van der Waals surface area (Å²) in [6.45, 7) is 4.71. The number of amides is 1. The molecule has 0 bridgehead atoms. The number of nitrogens with zero attached hydrogens (tertiary/aromatic N) is 5. The van der Waals surface area contributed by atoms with Gasteiger partial charge >= 0.3 is 0 Å². The van der Waals surface area contributed by atoms with E-state index in [0.717, 1.165) is 42.6 Å². The predicted octanol–water partition coefficient (Wildman–Crippen LogP) is 4.99. The van der Waals surface area contributed by atoms with Crippen molar-refractivity contribution < 1.29 is 18.8 Å². The Balaban J connectivity index is 1.14. The molecule has 0 radical (unpaired) electrons. The second kappa shape index (κ2) is 10.7. The summed E-state index contributed by atoms with van der Waals surface area (Å²) in [5.41, 5.74) is 3.76. The van der Waals surface area contributed by atoms with Crippen molar-refractivity contribution in [2.45, 2.75) is 52.0 Å². The number of rotatable bonds is 6. The first-order chi connectivity index (χ1) is 17.9. The van der Waals surface area contributed by atoms with Crippen molar-refractivity contribution >= 4 is 5.91 Å². The number of carbonyl (C=O) groups is 1. The van der Waals surface area contributed by atoms with Crippen molar-refractivity contribution in [2.24, 2.45) is 11.8 Å². The lowest BCUT2D eigenvalue weighted by Gasteiger charge is -2.31. The number of halogens is 1. The highest BCUT2D eigenvalue weighted by Crippen LogP contribution is 2.36. The van der Waals surface area contributed by atoms with E-state index in [-0.39, 0.29) is 29.5 Å².